The number of thioether (sulfide) groups is 1. The van der Waals surface area contributed by atoms with Crippen LogP contribution in [0.3, 0.4) is 0 Å². The average Bonchev–Trinajstić information content (AvgIpc) is 2.84. The molecule has 1 unspecified atom stereocenters. The van der Waals surface area contributed by atoms with Gasteiger partial charge in [-0.1, -0.05) is 53.7 Å². The van der Waals surface area contributed by atoms with E-state index in [0.29, 0.717) is 34.7 Å². The van der Waals surface area contributed by atoms with E-state index < -0.39 is 5.25 Å². The summed E-state index contributed by atoms with van der Waals surface area (Å²) in [6.45, 7) is 2.84. The summed E-state index contributed by atoms with van der Waals surface area (Å²) in [5.74, 6) is 0.336. The molecule has 0 aliphatic carbocycles. The van der Waals surface area contributed by atoms with Crippen LogP contribution in [0.4, 0.5) is 11.4 Å². The number of carbonyl (C=O) groups excluding carboxylic acids is 2. The number of anilines is 1. The highest BCUT2D eigenvalue weighted by atomic mass is 35.5. The second-order valence-electron chi connectivity index (χ2n) is 7.59. The smallest absolute Gasteiger partial charge is 0.238 e. The minimum atomic E-state index is -0.594. The third-order valence-electron chi connectivity index (χ3n) is 5.10. The largest absolute Gasteiger partial charge is 0.494 e. The fraction of sp³-hybridized carbons (Fsp3) is 0.192. The Morgan fingerprint density at radius 3 is 2.47 bits per heavy atom. The van der Waals surface area contributed by atoms with Crippen molar-refractivity contribution >= 4 is 51.7 Å². The Bertz CT molecular complexity index is 1170. The lowest BCUT2D eigenvalue weighted by atomic mass is 10.2. The van der Waals surface area contributed by atoms with Gasteiger partial charge in [0.25, 0.3) is 0 Å². The second-order valence-corrected chi connectivity index (χ2v) is 9.20. The van der Waals surface area contributed by atoms with E-state index in [-0.39, 0.29) is 18.2 Å². The number of para-hydroxylation sites is 1. The van der Waals surface area contributed by atoms with Crippen LogP contribution in [-0.4, -0.2) is 33.7 Å². The zero-order valence-corrected chi connectivity index (χ0v) is 20.2. The van der Waals surface area contributed by atoms with Crippen LogP contribution in [0.25, 0.3) is 0 Å². The maximum Gasteiger partial charge on any atom is 0.238 e. The van der Waals surface area contributed by atoms with E-state index in [9.17, 15) is 9.59 Å². The summed E-state index contributed by atoms with van der Waals surface area (Å²) in [5, 5.41) is 3.43. The Hall–Kier alpha value is -3.29. The maximum absolute atomic E-state index is 13.2. The average molecular weight is 494 g/mol. The minimum Gasteiger partial charge on any atom is -0.494 e. The molecule has 1 fully saturated rings. The standard InChI is InChI=1S/C26H24ClN3O3S/c1-2-33-22-14-12-21(13-15-22)28-25(32)23-16-24(31)30(17-18-8-10-19(27)11-9-18)26(34-23)29-20-6-4-3-5-7-20/h3-15,23H,2,16-17H2,1H3,(H,28,32). The lowest BCUT2D eigenvalue weighted by Gasteiger charge is -2.32. The van der Waals surface area contributed by atoms with Gasteiger partial charge < -0.3 is 10.1 Å². The zero-order valence-electron chi connectivity index (χ0n) is 18.6. The third kappa shape index (κ3) is 6.18. The molecule has 0 saturated carbocycles. The molecule has 0 bridgehead atoms. The molecule has 1 atom stereocenters. The number of hydrogen-bond donors (Lipinski definition) is 1. The van der Waals surface area contributed by atoms with Crippen molar-refractivity contribution in [3.8, 4) is 5.75 Å². The number of halogens is 1. The number of nitrogens with one attached hydrogen (secondary N) is 1. The first-order valence-electron chi connectivity index (χ1n) is 10.9. The normalized spacial score (nSPS) is 17.0. The fourth-order valence-corrected chi connectivity index (χ4v) is 4.63. The molecular formula is C26H24ClN3O3S. The van der Waals surface area contributed by atoms with E-state index in [0.717, 1.165) is 11.3 Å². The van der Waals surface area contributed by atoms with Gasteiger partial charge in [0.05, 0.1) is 18.8 Å². The van der Waals surface area contributed by atoms with Crippen LogP contribution in [-0.2, 0) is 16.1 Å². The molecule has 0 aromatic heterocycles. The van der Waals surface area contributed by atoms with E-state index >= 15 is 0 Å². The van der Waals surface area contributed by atoms with Gasteiger partial charge in [0.15, 0.2) is 5.17 Å². The molecule has 3 aromatic rings. The monoisotopic (exact) mass is 493 g/mol. The number of nitrogens with zero attached hydrogens (tertiary/aromatic N) is 2. The van der Waals surface area contributed by atoms with Gasteiger partial charge in [0, 0.05) is 17.1 Å². The summed E-state index contributed by atoms with van der Waals surface area (Å²) < 4.78 is 5.44. The van der Waals surface area contributed by atoms with E-state index in [1.165, 1.54) is 11.8 Å². The molecule has 1 aliphatic rings. The molecule has 0 radical (unpaired) electrons. The van der Waals surface area contributed by atoms with Gasteiger partial charge in [-0.2, -0.15) is 0 Å². The number of amides is 2. The number of ether oxygens (including phenoxy) is 1. The van der Waals surface area contributed by atoms with Gasteiger partial charge in [-0.15, -0.1) is 0 Å². The topological polar surface area (TPSA) is 71.0 Å². The van der Waals surface area contributed by atoms with E-state index in [2.05, 4.69) is 5.32 Å². The molecule has 1 heterocycles. The Morgan fingerprint density at radius 2 is 1.79 bits per heavy atom. The summed E-state index contributed by atoms with van der Waals surface area (Å²) in [6.07, 6.45) is 0.0783. The van der Waals surface area contributed by atoms with Gasteiger partial charge in [-0.3, -0.25) is 14.5 Å². The molecule has 1 aliphatic heterocycles. The van der Waals surface area contributed by atoms with Crippen LogP contribution in [0.1, 0.15) is 18.9 Å². The van der Waals surface area contributed by atoms with E-state index in [1.54, 1.807) is 41.3 Å². The molecule has 3 aromatic carbocycles. The van der Waals surface area contributed by atoms with Gasteiger partial charge >= 0.3 is 0 Å². The summed E-state index contributed by atoms with van der Waals surface area (Å²) >= 11 is 7.30. The quantitative estimate of drug-likeness (QED) is 0.445. The lowest BCUT2D eigenvalue weighted by Crippen LogP contribution is -2.44. The Balaban J connectivity index is 1.53. The lowest BCUT2D eigenvalue weighted by molar-refractivity contribution is -0.129. The molecule has 2 amide bonds. The molecule has 4 rings (SSSR count). The van der Waals surface area contributed by atoms with Crippen LogP contribution in [0, 0.1) is 0 Å². The highest BCUT2D eigenvalue weighted by molar-refractivity contribution is 8.15. The van der Waals surface area contributed by atoms with Crippen LogP contribution in [0.15, 0.2) is 83.9 Å². The summed E-state index contributed by atoms with van der Waals surface area (Å²) in [7, 11) is 0. The van der Waals surface area contributed by atoms with Crippen molar-refractivity contribution < 1.29 is 14.3 Å². The molecule has 34 heavy (non-hydrogen) atoms. The fourth-order valence-electron chi connectivity index (χ4n) is 3.41. The van der Waals surface area contributed by atoms with Crippen LogP contribution in [0.5, 0.6) is 5.75 Å². The van der Waals surface area contributed by atoms with Crippen molar-refractivity contribution in [2.45, 2.75) is 25.1 Å². The summed E-state index contributed by atoms with van der Waals surface area (Å²) in [6, 6.07) is 23.9. The number of benzene rings is 3. The number of aliphatic imine (C=N–C) groups is 1. The Morgan fingerprint density at radius 1 is 1.09 bits per heavy atom. The first-order chi connectivity index (χ1) is 16.5. The van der Waals surface area contributed by atoms with Crippen LogP contribution < -0.4 is 10.1 Å². The Labute approximate surface area is 208 Å². The highest BCUT2D eigenvalue weighted by Gasteiger charge is 2.36. The molecular weight excluding hydrogens is 470 g/mol. The molecule has 6 nitrogen and oxygen atoms in total. The van der Waals surface area contributed by atoms with E-state index in [4.69, 9.17) is 21.3 Å². The molecule has 0 spiro atoms. The predicted molar refractivity (Wildman–Crippen MR) is 138 cm³/mol. The number of amidine groups is 1. The molecule has 8 heteroatoms. The van der Waals surface area contributed by atoms with Crippen LogP contribution in [0.2, 0.25) is 5.02 Å². The Kier molecular flexibility index (Phi) is 7.87. The SMILES string of the molecule is CCOc1ccc(NC(=O)C2CC(=O)N(Cc3ccc(Cl)cc3)C(=Nc3ccccc3)S2)cc1. The van der Waals surface area contributed by atoms with Gasteiger partial charge in [0.1, 0.15) is 11.0 Å². The summed E-state index contributed by atoms with van der Waals surface area (Å²) in [4.78, 5) is 32.5. The van der Waals surface area contributed by atoms with Crippen molar-refractivity contribution in [1.82, 2.24) is 4.90 Å². The maximum atomic E-state index is 13.2. The van der Waals surface area contributed by atoms with Gasteiger partial charge in [-0.05, 0) is 61.0 Å². The van der Waals surface area contributed by atoms with Gasteiger partial charge in [0.2, 0.25) is 11.8 Å². The number of rotatable bonds is 7. The van der Waals surface area contributed by atoms with Crippen LogP contribution >= 0.6 is 23.4 Å². The first-order valence-corrected chi connectivity index (χ1v) is 12.2. The van der Waals surface area contributed by atoms with Crippen molar-refractivity contribution in [1.29, 1.82) is 0 Å². The highest BCUT2D eigenvalue weighted by Crippen LogP contribution is 2.31. The first kappa shape index (κ1) is 23.9. The van der Waals surface area contributed by atoms with Crippen molar-refractivity contribution in [3.05, 3.63) is 89.4 Å². The molecule has 1 N–H and O–H groups in total. The number of hydrogen-bond acceptors (Lipinski definition) is 5. The van der Waals surface area contributed by atoms with Crippen molar-refractivity contribution in [3.63, 3.8) is 0 Å². The number of carbonyl (C=O) groups is 2. The minimum absolute atomic E-state index is 0.0783. The summed E-state index contributed by atoms with van der Waals surface area (Å²) in [5.41, 5.74) is 2.29. The second kappa shape index (κ2) is 11.2. The zero-order chi connectivity index (χ0) is 23.9. The van der Waals surface area contributed by atoms with E-state index in [1.807, 2.05) is 49.4 Å². The third-order valence-corrected chi connectivity index (χ3v) is 6.54. The molecule has 174 valence electrons. The van der Waals surface area contributed by atoms with Crippen molar-refractivity contribution in [2.75, 3.05) is 11.9 Å². The molecule has 1 saturated heterocycles. The predicted octanol–water partition coefficient (Wildman–Crippen LogP) is 5.90. The van der Waals surface area contributed by atoms with Crippen molar-refractivity contribution in [2.24, 2.45) is 4.99 Å². The van der Waals surface area contributed by atoms with Gasteiger partial charge in [-0.25, -0.2) is 4.99 Å².